The average Bonchev–Trinajstić information content (AvgIpc) is 2.15. The summed E-state index contributed by atoms with van der Waals surface area (Å²) in [5.41, 5.74) is -0.959. The first-order chi connectivity index (χ1) is 7.32. The van der Waals surface area contributed by atoms with Crippen LogP contribution in [-0.2, 0) is 6.18 Å². The van der Waals surface area contributed by atoms with Gasteiger partial charge in [-0.3, -0.25) is 4.98 Å². The second kappa shape index (κ2) is 4.82. The molecule has 1 N–H and O–H groups in total. The minimum Gasteiger partial charge on any atom is -0.388 e. The molecule has 1 unspecified atom stereocenters. The van der Waals surface area contributed by atoms with Gasteiger partial charge in [-0.05, 0) is 18.4 Å². The molecule has 16 heavy (non-hydrogen) atoms. The molecule has 0 saturated carbocycles. The van der Waals surface area contributed by atoms with Crippen molar-refractivity contribution in [2.75, 3.05) is 0 Å². The Balaban J connectivity index is 3.04. The van der Waals surface area contributed by atoms with E-state index in [2.05, 4.69) is 4.98 Å². The third-order valence-electron chi connectivity index (χ3n) is 2.21. The van der Waals surface area contributed by atoms with Crippen LogP contribution in [0.4, 0.5) is 13.2 Å². The maximum Gasteiger partial charge on any atom is 0.416 e. The molecule has 0 saturated heterocycles. The molecular formula is C11H14F3NO. The van der Waals surface area contributed by atoms with Crippen LogP contribution >= 0.6 is 0 Å². The molecular weight excluding hydrogens is 219 g/mol. The van der Waals surface area contributed by atoms with Crippen LogP contribution in [0, 0.1) is 5.92 Å². The molecule has 0 aliphatic heterocycles. The van der Waals surface area contributed by atoms with Crippen molar-refractivity contribution < 1.29 is 18.3 Å². The van der Waals surface area contributed by atoms with Crippen LogP contribution in [0.1, 0.15) is 37.5 Å². The lowest BCUT2D eigenvalue weighted by Gasteiger charge is -2.18. The van der Waals surface area contributed by atoms with Crippen molar-refractivity contribution in [1.29, 1.82) is 0 Å². The zero-order valence-corrected chi connectivity index (χ0v) is 9.12. The Kier molecular flexibility index (Phi) is 3.91. The molecule has 0 amide bonds. The maximum atomic E-state index is 12.6. The van der Waals surface area contributed by atoms with Crippen molar-refractivity contribution >= 4 is 0 Å². The monoisotopic (exact) mass is 233 g/mol. The van der Waals surface area contributed by atoms with E-state index in [4.69, 9.17) is 0 Å². The second-order valence-corrected chi connectivity index (χ2v) is 4.11. The SMILES string of the molecule is CC(C)CC(O)c1cnccc1C(F)(F)F. The molecule has 0 aromatic carbocycles. The lowest BCUT2D eigenvalue weighted by molar-refractivity contribution is -0.139. The lowest BCUT2D eigenvalue weighted by atomic mass is 9.97. The van der Waals surface area contributed by atoms with Crippen LogP contribution in [0.5, 0.6) is 0 Å². The van der Waals surface area contributed by atoms with Crippen LogP contribution in [-0.4, -0.2) is 10.1 Å². The third kappa shape index (κ3) is 3.20. The van der Waals surface area contributed by atoms with E-state index in [0.29, 0.717) is 0 Å². The van der Waals surface area contributed by atoms with E-state index in [1.807, 2.05) is 13.8 Å². The van der Waals surface area contributed by atoms with Gasteiger partial charge >= 0.3 is 6.18 Å². The molecule has 5 heteroatoms. The van der Waals surface area contributed by atoms with E-state index in [1.54, 1.807) is 0 Å². The third-order valence-corrected chi connectivity index (χ3v) is 2.21. The molecule has 0 aliphatic rings. The van der Waals surface area contributed by atoms with Crippen LogP contribution in [0.25, 0.3) is 0 Å². The first-order valence-corrected chi connectivity index (χ1v) is 5.01. The fraction of sp³-hybridized carbons (Fsp3) is 0.545. The largest absolute Gasteiger partial charge is 0.416 e. The summed E-state index contributed by atoms with van der Waals surface area (Å²) in [6.07, 6.45) is -3.12. The highest BCUT2D eigenvalue weighted by molar-refractivity contribution is 5.28. The predicted molar refractivity (Wildman–Crippen MR) is 53.7 cm³/mol. The number of aliphatic hydroxyl groups excluding tert-OH is 1. The Morgan fingerprint density at radius 2 is 2.00 bits per heavy atom. The van der Waals surface area contributed by atoms with E-state index in [1.165, 1.54) is 0 Å². The number of alkyl halides is 3. The Morgan fingerprint density at radius 1 is 1.38 bits per heavy atom. The number of nitrogens with zero attached hydrogens (tertiary/aromatic N) is 1. The van der Waals surface area contributed by atoms with Crippen molar-refractivity contribution in [3.05, 3.63) is 29.6 Å². The van der Waals surface area contributed by atoms with Gasteiger partial charge in [0.15, 0.2) is 0 Å². The van der Waals surface area contributed by atoms with Gasteiger partial charge in [-0.1, -0.05) is 13.8 Å². The molecule has 0 bridgehead atoms. The zero-order valence-electron chi connectivity index (χ0n) is 9.12. The summed E-state index contributed by atoms with van der Waals surface area (Å²) in [6, 6.07) is 0.888. The number of hydrogen-bond acceptors (Lipinski definition) is 2. The minimum absolute atomic E-state index is 0.122. The summed E-state index contributed by atoms with van der Waals surface area (Å²) in [7, 11) is 0. The molecule has 0 fully saturated rings. The molecule has 1 atom stereocenters. The van der Waals surface area contributed by atoms with Gasteiger partial charge in [0.1, 0.15) is 0 Å². The highest BCUT2D eigenvalue weighted by Gasteiger charge is 2.34. The van der Waals surface area contributed by atoms with Gasteiger partial charge in [-0.25, -0.2) is 0 Å². The zero-order chi connectivity index (χ0) is 12.3. The minimum atomic E-state index is -4.45. The fourth-order valence-corrected chi connectivity index (χ4v) is 1.50. The molecule has 0 aliphatic carbocycles. The van der Waals surface area contributed by atoms with Crippen molar-refractivity contribution in [1.82, 2.24) is 4.98 Å². The average molecular weight is 233 g/mol. The second-order valence-electron chi connectivity index (χ2n) is 4.11. The van der Waals surface area contributed by atoms with Gasteiger partial charge in [0.25, 0.3) is 0 Å². The Morgan fingerprint density at radius 3 is 2.50 bits per heavy atom. The van der Waals surface area contributed by atoms with E-state index < -0.39 is 17.8 Å². The highest BCUT2D eigenvalue weighted by atomic mass is 19.4. The molecule has 0 radical (unpaired) electrons. The van der Waals surface area contributed by atoms with Crippen LogP contribution in [0.2, 0.25) is 0 Å². The number of hydrogen-bond donors (Lipinski definition) is 1. The summed E-state index contributed by atoms with van der Waals surface area (Å²) in [4.78, 5) is 3.63. The lowest BCUT2D eigenvalue weighted by Crippen LogP contribution is -2.13. The quantitative estimate of drug-likeness (QED) is 0.869. The Bertz CT molecular complexity index is 349. The Hall–Kier alpha value is -1.10. The van der Waals surface area contributed by atoms with E-state index in [9.17, 15) is 18.3 Å². The summed E-state index contributed by atoms with van der Waals surface area (Å²) in [6.45, 7) is 3.68. The standard InChI is InChI=1S/C11H14F3NO/c1-7(2)5-10(16)8-6-15-4-3-9(8)11(12,13)14/h3-4,6-7,10,16H,5H2,1-2H3. The van der Waals surface area contributed by atoms with Crippen molar-refractivity contribution in [2.24, 2.45) is 5.92 Å². The van der Waals surface area contributed by atoms with Crippen LogP contribution in [0.15, 0.2) is 18.5 Å². The van der Waals surface area contributed by atoms with E-state index in [0.717, 1.165) is 18.5 Å². The summed E-state index contributed by atoms with van der Waals surface area (Å²) >= 11 is 0. The number of aromatic nitrogens is 1. The highest BCUT2D eigenvalue weighted by Crippen LogP contribution is 2.35. The summed E-state index contributed by atoms with van der Waals surface area (Å²) < 4.78 is 37.8. The van der Waals surface area contributed by atoms with Gasteiger partial charge in [-0.2, -0.15) is 13.2 Å². The van der Waals surface area contributed by atoms with E-state index >= 15 is 0 Å². The number of aliphatic hydroxyl groups is 1. The smallest absolute Gasteiger partial charge is 0.388 e. The van der Waals surface area contributed by atoms with Gasteiger partial charge in [0, 0.05) is 18.0 Å². The van der Waals surface area contributed by atoms with Crippen LogP contribution < -0.4 is 0 Å². The number of halogens is 3. The number of rotatable bonds is 3. The van der Waals surface area contributed by atoms with Crippen molar-refractivity contribution in [2.45, 2.75) is 32.5 Å². The molecule has 2 nitrogen and oxygen atoms in total. The van der Waals surface area contributed by atoms with Gasteiger partial charge in [-0.15, -0.1) is 0 Å². The molecule has 1 rings (SSSR count). The summed E-state index contributed by atoms with van der Waals surface area (Å²) in [5.74, 6) is 0.122. The van der Waals surface area contributed by atoms with Crippen LogP contribution in [0.3, 0.4) is 0 Å². The van der Waals surface area contributed by atoms with E-state index in [-0.39, 0.29) is 17.9 Å². The fourth-order valence-electron chi connectivity index (χ4n) is 1.50. The molecule has 1 aromatic rings. The number of pyridine rings is 1. The van der Waals surface area contributed by atoms with Crippen molar-refractivity contribution in [3.63, 3.8) is 0 Å². The normalized spacial score (nSPS) is 14.2. The van der Waals surface area contributed by atoms with Gasteiger partial charge in [0.05, 0.1) is 11.7 Å². The molecule has 0 spiro atoms. The topological polar surface area (TPSA) is 33.1 Å². The van der Waals surface area contributed by atoms with Gasteiger partial charge < -0.3 is 5.11 Å². The van der Waals surface area contributed by atoms with Gasteiger partial charge in [0.2, 0.25) is 0 Å². The summed E-state index contributed by atoms with van der Waals surface area (Å²) in [5, 5.41) is 9.70. The van der Waals surface area contributed by atoms with Crippen molar-refractivity contribution in [3.8, 4) is 0 Å². The first-order valence-electron chi connectivity index (χ1n) is 5.01. The Labute approximate surface area is 92.1 Å². The molecule has 1 aromatic heterocycles. The predicted octanol–water partition coefficient (Wildman–Crippen LogP) is 3.18. The molecule has 1 heterocycles. The first kappa shape index (κ1) is 13.0. The maximum absolute atomic E-state index is 12.6. The molecule has 90 valence electrons.